The average Bonchev–Trinajstić information content (AvgIpc) is 3.11. The molecule has 1 fully saturated rings. The number of hydroxylamine groups is 2. The maximum atomic E-state index is 6.53. The standard InChI is InChI=1S/C22H22NOPS/c1-23-22(18-11-5-2-6-12-18)21(17-24-23)25(26,19-13-7-3-8-14-19)20-15-9-4-10-16-20/h2-16,21-22H,17H2,1H3/t21-,22+/m0/s1. The first-order chi connectivity index (χ1) is 12.7. The molecular formula is C22H22NOPS. The van der Waals surface area contributed by atoms with Crippen molar-refractivity contribution < 1.29 is 4.84 Å². The van der Waals surface area contributed by atoms with Gasteiger partial charge in [-0.2, -0.15) is 5.06 Å². The molecule has 0 N–H and O–H groups in total. The Morgan fingerprint density at radius 1 is 0.808 bits per heavy atom. The van der Waals surface area contributed by atoms with Gasteiger partial charge >= 0.3 is 0 Å². The molecule has 2 atom stereocenters. The SMILES string of the molecule is CN1OC[C@H](P(=S)(c2ccccc2)c2ccccc2)[C@H]1c1ccccc1. The summed E-state index contributed by atoms with van der Waals surface area (Å²) in [5, 5.41) is 4.50. The Morgan fingerprint density at radius 3 is 1.77 bits per heavy atom. The largest absolute Gasteiger partial charge is 0.298 e. The topological polar surface area (TPSA) is 12.5 Å². The number of nitrogens with zero attached hydrogens (tertiary/aromatic N) is 1. The molecule has 0 spiro atoms. The highest BCUT2D eigenvalue weighted by molar-refractivity contribution is 8.22. The van der Waals surface area contributed by atoms with Crippen molar-refractivity contribution in [3.05, 3.63) is 96.6 Å². The van der Waals surface area contributed by atoms with E-state index in [0.29, 0.717) is 6.61 Å². The van der Waals surface area contributed by atoms with Gasteiger partial charge in [0.15, 0.2) is 0 Å². The van der Waals surface area contributed by atoms with Crippen LogP contribution in [0.5, 0.6) is 0 Å². The monoisotopic (exact) mass is 379 g/mol. The number of hydrogen-bond acceptors (Lipinski definition) is 3. The molecule has 0 bridgehead atoms. The summed E-state index contributed by atoms with van der Waals surface area (Å²) in [4.78, 5) is 6.02. The lowest BCUT2D eigenvalue weighted by atomic mass is 10.0. The smallest absolute Gasteiger partial charge is 0.0785 e. The third kappa shape index (κ3) is 3.06. The van der Waals surface area contributed by atoms with Gasteiger partial charge in [0.2, 0.25) is 0 Å². The summed E-state index contributed by atoms with van der Waals surface area (Å²) in [6, 6.07) is 29.9. The van der Waals surface area contributed by atoms with Gasteiger partial charge < -0.3 is 0 Å². The molecule has 0 radical (unpaired) electrons. The maximum Gasteiger partial charge on any atom is 0.0785 e. The second-order valence-electron chi connectivity index (χ2n) is 6.59. The van der Waals surface area contributed by atoms with Crippen LogP contribution in [0.15, 0.2) is 91.0 Å². The molecule has 1 saturated heterocycles. The summed E-state index contributed by atoms with van der Waals surface area (Å²) >= 11 is 6.53. The molecule has 0 unspecified atom stereocenters. The van der Waals surface area contributed by atoms with Gasteiger partial charge in [0, 0.05) is 18.7 Å². The Hall–Kier alpha value is -1.77. The number of hydrogen-bond donors (Lipinski definition) is 0. The molecule has 1 heterocycles. The van der Waals surface area contributed by atoms with Crippen LogP contribution in [0.25, 0.3) is 0 Å². The molecule has 1 aliphatic rings. The van der Waals surface area contributed by atoms with E-state index in [2.05, 4.69) is 91.0 Å². The Kier molecular flexibility index (Phi) is 5.06. The molecule has 0 amide bonds. The Labute approximate surface area is 160 Å². The van der Waals surface area contributed by atoms with Crippen LogP contribution >= 0.6 is 6.04 Å². The van der Waals surface area contributed by atoms with Crippen LogP contribution < -0.4 is 10.6 Å². The van der Waals surface area contributed by atoms with Gasteiger partial charge in [0.1, 0.15) is 0 Å². The van der Waals surface area contributed by atoms with Crippen molar-refractivity contribution in [2.45, 2.75) is 11.7 Å². The zero-order valence-corrected chi connectivity index (χ0v) is 16.4. The summed E-state index contributed by atoms with van der Waals surface area (Å²) in [6.45, 7) is 0.650. The van der Waals surface area contributed by atoms with E-state index < -0.39 is 6.04 Å². The van der Waals surface area contributed by atoms with Crippen molar-refractivity contribution in [2.75, 3.05) is 13.7 Å². The molecule has 0 saturated carbocycles. The van der Waals surface area contributed by atoms with Gasteiger partial charge in [-0.15, -0.1) is 0 Å². The fourth-order valence-corrected chi connectivity index (χ4v) is 8.41. The molecule has 4 heteroatoms. The van der Waals surface area contributed by atoms with Gasteiger partial charge in [0.25, 0.3) is 0 Å². The molecule has 1 aliphatic heterocycles. The van der Waals surface area contributed by atoms with Crippen LogP contribution in [0.2, 0.25) is 0 Å². The van der Waals surface area contributed by atoms with Gasteiger partial charge in [-0.1, -0.05) is 103 Å². The quantitative estimate of drug-likeness (QED) is 0.633. The molecular weight excluding hydrogens is 357 g/mol. The van der Waals surface area contributed by atoms with Crippen LogP contribution in [-0.4, -0.2) is 24.4 Å². The Morgan fingerprint density at radius 2 is 1.27 bits per heavy atom. The Bertz CT molecular complexity index is 858. The molecule has 2 nitrogen and oxygen atoms in total. The summed E-state index contributed by atoms with van der Waals surface area (Å²) < 4.78 is 0. The van der Waals surface area contributed by atoms with E-state index in [0.717, 1.165) is 0 Å². The molecule has 3 aromatic rings. The number of rotatable bonds is 4. The van der Waals surface area contributed by atoms with Crippen LogP contribution in [0.3, 0.4) is 0 Å². The highest BCUT2D eigenvalue weighted by Gasteiger charge is 2.44. The summed E-state index contributed by atoms with van der Waals surface area (Å²) in [5.41, 5.74) is 1.49. The first-order valence-corrected chi connectivity index (χ1v) is 11.7. The van der Waals surface area contributed by atoms with Crippen molar-refractivity contribution >= 4 is 28.5 Å². The highest BCUT2D eigenvalue weighted by Crippen LogP contribution is 2.56. The van der Waals surface area contributed by atoms with E-state index >= 15 is 0 Å². The van der Waals surface area contributed by atoms with Crippen LogP contribution in [0.4, 0.5) is 0 Å². The van der Waals surface area contributed by atoms with E-state index in [1.807, 2.05) is 12.1 Å². The van der Waals surface area contributed by atoms with Gasteiger partial charge in [-0.25, -0.2) is 0 Å². The fraction of sp³-hybridized carbons (Fsp3) is 0.182. The minimum Gasteiger partial charge on any atom is -0.298 e. The fourth-order valence-electron chi connectivity index (χ4n) is 3.82. The molecule has 132 valence electrons. The zero-order valence-electron chi connectivity index (χ0n) is 14.7. The van der Waals surface area contributed by atoms with Crippen molar-refractivity contribution in [1.82, 2.24) is 5.06 Å². The summed E-state index contributed by atoms with van der Waals surface area (Å²) in [6.07, 6.45) is 0. The predicted octanol–water partition coefficient (Wildman–Crippen LogP) is 4.10. The van der Waals surface area contributed by atoms with Crippen LogP contribution in [0, 0.1) is 0 Å². The lowest BCUT2D eigenvalue weighted by Gasteiger charge is -2.33. The molecule has 3 aromatic carbocycles. The van der Waals surface area contributed by atoms with E-state index in [4.69, 9.17) is 16.6 Å². The van der Waals surface area contributed by atoms with E-state index in [1.54, 1.807) is 0 Å². The predicted molar refractivity (Wildman–Crippen MR) is 113 cm³/mol. The van der Waals surface area contributed by atoms with E-state index in [-0.39, 0.29) is 11.7 Å². The Balaban J connectivity index is 1.88. The third-order valence-electron chi connectivity index (χ3n) is 5.09. The minimum atomic E-state index is -2.06. The first kappa shape index (κ1) is 17.6. The molecule has 26 heavy (non-hydrogen) atoms. The van der Waals surface area contributed by atoms with Crippen LogP contribution in [-0.2, 0) is 16.6 Å². The van der Waals surface area contributed by atoms with Crippen molar-refractivity contribution in [3.63, 3.8) is 0 Å². The first-order valence-electron chi connectivity index (χ1n) is 8.83. The van der Waals surface area contributed by atoms with E-state index in [1.165, 1.54) is 16.2 Å². The normalized spacial score (nSPS) is 21.0. The summed E-state index contributed by atoms with van der Waals surface area (Å²) in [7, 11) is 2.02. The van der Waals surface area contributed by atoms with Gasteiger partial charge in [-0.3, -0.25) is 4.84 Å². The lowest BCUT2D eigenvalue weighted by molar-refractivity contribution is -0.110. The molecule has 0 aromatic heterocycles. The van der Waals surface area contributed by atoms with Crippen molar-refractivity contribution in [2.24, 2.45) is 0 Å². The third-order valence-corrected chi connectivity index (χ3v) is 10.7. The average molecular weight is 379 g/mol. The van der Waals surface area contributed by atoms with Gasteiger partial charge in [-0.05, 0) is 16.2 Å². The van der Waals surface area contributed by atoms with Crippen molar-refractivity contribution in [1.29, 1.82) is 0 Å². The van der Waals surface area contributed by atoms with Crippen LogP contribution in [0.1, 0.15) is 11.6 Å². The minimum absolute atomic E-state index is 0.155. The number of benzene rings is 3. The lowest BCUT2D eigenvalue weighted by Crippen LogP contribution is -2.32. The summed E-state index contributed by atoms with van der Waals surface area (Å²) in [5.74, 6) is 0. The van der Waals surface area contributed by atoms with E-state index in [9.17, 15) is 0 Å². The second kappa shape index (κ2) is 7.46. The second-order valence-corrected chi connectivity index (χ2v) is 11.3. The van der Waals surface area contributed by atoms with Crippen molar-refractivity contribution in [3.8, 4) is 0 Å². The molecule has 4 rings (SSSR count). The molecule has 0 aliphatic carbocycles. The maximum absolute atomic E-state index is 6.53. The van der Waals surface area contributed by atoms with Gasteiger partial charge in [0.05, 0.1) is 12.6 Å². The highest BCUT2D eigenvalue weighted by atomic mass is 32.4. The zero-order chi connectivity index (χ0) is 18.0.